The van der Waals surface area contributed by atoms with E-state index in [1.54, 1.807) is 16.9 Å². The highest BCUT2D eigenvalue weighted by Crippen LogP contribution is 2.47. The molecule has 2 aliphatic rings. The van der Waals surface area contributed by atoms with Crippen LogP contribution in [0.25, 0.3) is 11.4 Å². The minimum absolute atomic E-state index is 0.0826. The summed E-state index contributed by atoms with van der Waals surface area (Å²) in [6, 6.07) is 8.13. The minimum atomic E-state index is 0.0826. The quantitative estimate of drug-likeness (QED) is 0.645. The van der Waals surface area contributed by atoms with Crippen molar-refractivity contribution in [3.05, 3.63) is 53.2 Å². The first-order chi connectivity index (χ1) is 13.0. The van der Waals surface area contributed by atoms with E-state index in [1.807, 2.05) is 7.05 Å². The number of nitrogens with zero attached hydrogens (tertiary/aromatic N) is 4. The second-order valence-corrected chi connectivity index (χ2v) is 8.10. The average Bonchev–Trinajstić information content (AvgIpc) is 3.07. The molecule has 6 nitrogen and oxygen atoms in total. The highest BCUT2D eigenvalue weighted by molar-refractivity contribution is 5.95. The molecule has 2 aromatic heterocycles. The van der Waals surface area contributed by atoms with Crippen LogP contribution in [0.15, 0.2) is 35.0 Å². The van der Waals surface area contributed by atoms with Gasteiger partial charge in [0, 0.05) is 30.6 Å². The SMILES string of the molecule is Cn1nccc1C(=O)C[C@@H]1CCc2cc(-c3noc(C4(C)CC4)n3)ccc21. The minimum Gasteiger partial charge on any atom is -0.338 e. The molecule has 0 amide bonds. The maximum absolute atomic E-state index is 12.6. The van der Waals surface area contributed by atoms with Crippen LogP contribution in [0.4, 0.5) is 0 Å². The molecule has 2 aliphatic carbocycles. The number of Topliss-reactive ketones (excluding diaryl/α,β-unsaturated/α-hetero) is 1. The Balaban J connectivity index is 1.36. The van der Waals surface area contributed by atoms with E-state index >= 15 is 0 Å². The monoisotopic (exact) mass is 362 g/mol. The molecular formula is C21H22N4O2. The lowest BCUT2D eigenvalue weighted by Gasteiger charge is -2.11. The number of carbonyl (C=O) groups excluding carboxylic acids is 1. The largest absolute Gasteiger partial charge is 0.338 e. The van der Waals surface area contributed by atoms with Gasteiger partial charge in [-0.2, -0.15) is 10.1 Å². The van der Waals surface area contributed by atoms with Crippen LogP contribution in [-0.2, 0) is 18.9 Å². The molecule has 0 spiro atoms. The number of hydrogen-bond acceptors (Lipinski definition) is 5. The number of aromatic nitrogens is 4. The van der Waals surface area contributed by atoms with Crippen molar-refractivity contribution in [1.82, 2.24) is 19.9 Å². The Bertz CT molecular complexity index is 1030. The molecule has 5 rings (SSSR count). The van der Waals surface area contributed by atoms with Gasteiger partial charge < -0.3 is 4.52 Å². The number of ketones is 1. The molecule has 0 aliphatic heterocycles. The lowest BCUT2D eigenvalue weighted by Crippen LogP contribution is -2.10. The molecule has 0 radical (unpaired) electrons. The van der Waals surface area contributed by atoms with Crippen LogP contribution in [-0.4, -0.2) is 25.7 Å². The number of hydrogen-bond donors (Lipinski definition) is 0. The third-order valence-electron chi connectivity index (χ3n) is 6.08. The second kappa shape index (κ2) is 5.87. The van der Waals surface area contributed by atoms with Gasteiger partial charge in [0.15, 0.2) is 5.78 Å². The number of fused-ring (bicyclic) bond motifs is 1. The van der Waals surface area contributed by atoms with Crippen molar-refractivity contribution in [3.8, 4) is 11.4 Å². The number of benzene rings is 1. The van der Waals surface area contributed by atoms with Crippen molar-refractivity contribution in [2.45, 2.75) is 50.4 Å². The predicted molar refractivity (Wildman–Crippen MR) is 99.5 cm³/mol. The summed E-state index contributed by atoms with van der Waals surface area (Å²) in [6.07, 6.45) is 6.41. The number of carbonyl (C=O) groups is 1. The summed E-state index contributed by atoms with van der Waals surface area (Å²) in [5.41, 5.74) is 4.31. The molecule has 1 saturated carbocycles. The predicted octanol–water partition coefficient (Wildman–Crippen LogP) is 3.82. The van der Waals surface area contributed by atoms with Gasteiger partial charge in [-0.15, -0.1) is 0 Å². The summed E-state index contributed by atoms with van der Waals surface area (Å²) in [4.78, 5) is 17.2. The summed E-state index contributed by atoms with van der Waals surface area (Å²) < 4.78 is 7.13. The third kappa shape index (κ3) is 2.80. The summed E-state index contributed by atoms with van der Waals surface area (Å²) >= 11 is 0. The molecule has 0 saturated heterocycles. The highest BCUT2D eigenvalue weighted by atomic mass is 16.5. The van der Waals surface area contributed by atoms with E-state index in [9.17, 15) is 4.79 Å². The van der Waals surface area contributed by atoms with Gasteiger partial charge in [0.05, 0.1) is 0 Å². The number of aryl methyl sites for hydroxylation is 2. The summed E-state index contributed by atoms with van der Waals surface area (Å²) in [7, 11) is 1.81. The Labute approximate surface area is 157 Å². The lowest BCUT2D eigenvalue weighted by molar-refractivity contribution is 0.0964. The molecule has 0 unspecified atom stereocenters. The maximum atomic E-state index is 12.6. The molecular weight excluding hydrogens is 340 g/mol. The van der Waals surface area contributed by atoms with Gasteiger partial charge >= 0.3 is 0 Å². The Morgan fingerprint density at radius 3 is 2.93 bits per heavy atom. The Morgan fingerprint density at radius 2 is 2.19 bits per heavy atom. The van der Waals surface area contributed by atoms with Crippen LogP contribution in [0, 0.1) is 0 Å². The van der Waals surface area contributed by atoms with Gasteiger partial charge in [-0.1, -0.05) is 24.2 Å². The Morgan fingerprint density at radius 1 is 1.33 bits per heavy atom. The zero-order valence-electron chi connectivity index (χ0n) is 15.6. The van der Waals surface area contributed by atoms with Crippen molar-refractivity contribution in [2.75, 3.05) is 0 Å². The fourth-order valence-electron chi connectivity index (χ4n) is 4.02. The van der Waals surface area contributed by atoms with Crippen LogP contribution in [0.5, 0.6) is 0 Å². The topological polar surface area (TPSA) is 73.8 Å². The molecule has 6 heteroatoms. The maximum Gasteiger partial charge on any atom is 0.232 e. The van der Waals surface area contributed by atoms with E-state index in [2.05, 4.69) is 40.4 Å². The van der Waals surface area contributed by atoms with Crippen LogP contribution in [0.1, 0.15) is 66.0 Å². The van der Waals surface area contributed by atoms with Crippen molar-refractivity contribution in [3.63, 3.8) is 0 Å². The van der Waals surface area contributed by atoms with Gasteiger partial charge in [0.2, 0.25) is 11.7 Å². The molecule has 2 heterocycles. The fraction of sp³-hybridized carbons (Fsp3) is 0.429. The molecule has 1 fully saturated rings. The molecule has 0 N–H and O–H groups in total. The molecule has 27 heavy (non-hydrogen) atoms. The van der Waals surface area contributed by atoms with Crippen LogP contribution < -0.4 is 0 Å². The van der Waals surface area contributed by atoms with E-state index in [0.29, 0.717) is 17.9 Å². The lowest BCUT2D eigenvalue weighted by atomic mass is 9.94. The van der Waals surface area contributed by atoms with Gasteiger partial charge in [0.1, 0.15) is 5.69 Å². The van der Waals surface area contributed by atoms with Gasteiger partial charge in [-0.05, 0) is 54.9 Å². The number of rotatable bonds is 5. The first-order valence-electron chi connectivity index (χ1n) is 9.52. The zero-order valence-corrected chi connectivity index (χ0v) is 15.6. The van der Waals surface area contributed by atoms with E-state index in [4.69, 9.17) is 4.52 Å². The standard InChI is InChI=1S/C21H22N4O2/c1-21(8-9-21)20-23-19(24-27-20)15-5-6-16-13(11-15)3-4-14(16)12-18(26)17-7-10-22-25(17)2/h5-7,10-11,14H,3-4,8-9,12H2,1-2H3/t14-/m0/s1. The smallest absolute Gasteiger partial charge is 0.232 e. The molecule has 1 aromatic carbocycles. The van der Waals surface area contributed by atoms with Gasteiger partial charge in [-0.25, -0.2) is 0 Å². The van der Waals surface area contributed by atoms with Crippen molar-refractivity contribution < 1.29 is 9.32 Å². The van der Waals surface area contributed by atoms with Gasteiger partial charge in [0.25, 0.3) is 0 Å². The van der Waals surface area contributed by atoms with Crippen molar-refractivity contribution >= 4 is 5.78 Å². The summed E-state index contributed by atoms with van der Waals surface area (Å²) in [6.45, 7) is 2.16. The van der Waals surface area contributed by atoms with E-state index < -0.39 is 0 Å². The third-order valence-corrected chi connectivity index (χ3v) is 6.08. The zero-order chi connectivity index (χ0) is 18.6. The molecule has 1 atom stereocenters. The molecule has 138 valence electrons. The average molecular weight is 362 g/mol. The van der Waals surface area contributed by atoms with Gasteiger partial charge in [-0.3, -0.25) is 9.48 Å². The highest BCUT2D eigenvalue weighted by Gasteiger charge is 2.44. The Kier molecular flexibility index (Phi) is 3.57. The Hall–Kier alpha value is -2.76. The van der Waals surface area contributed by atoms with Crippen LogP contribution in [0.2, 0.25) is 0 Å². The first kappa shape index (κ1) is 16.4. The molecule has 3 aromatic rings. The van der Waals surface area contributed by atoms with Crippen molar-refractivity contribution in [2.24, 2.45) is 7.05 Å². The molecule has 0 bridgehead atoms. The normalized spacial score (nSPS) is 19.9. The second-order valence-electron chi connectivity index (χ2n) is 8.10. The van der Waals surface area contributed by atoms with E-state index in [0.717, 1.165) is 37.1 Å². The summed E-state index contributed by atoms with van der Waals surface area (Å²) in [5, 5.41) is 8.28. The fourth-order valence-corrected chi connectivity index (χ4v) is 4.02. The van der Waals surface area contributed by atoms with E-state index in [1.165, 1.54) is 11.1 Å². The van der Waals surface area contributed by atoms with Crippen molar-refractivity contribution in [1.29, 1.82) is 0 Å². The van der Waals surface area contributed by atoms with Crippen LogP contribution >= 0.6 is 0 Å². The summed E-state index contributed by atoms with van der Waals surface area (Å²) in [5.74, 6) is 1.83. The first-order valence-corrected chi connectivity index (χ1v) is 9.52. The van der Waals surface area contributed by atoms with E-state index in [-0.39, 0.29) is 17.1 Å². The van der Waals surface area contributed by atoms with Crippen LogP contribution in [0.3, 0.4) is 0 Å².